The first-order valence-electron chi connectivity index (χ1n) is 10.9. The van der Waals surface area contributed by atoms with Gasteiger partial charge in [-0.25, -0.2) is 9.59 Å². The molecule has 0 saturated heterocycles. The van der Waals surface area contributed by atoms with Gasteiger partial charge in [0.15, 0.2) is 0 Å². The maximum Gasteiger partial charge on any atom is 0.332 e. The SMILES string of the molecule is CCCCCCCCCCCCCOC(=O)COCC(=O)OCCC(C)C. The zero-order chi connectivity index (χ0) is 20.2. The van der Waals surface area contributed by atoms with E-state index in [1.807, 2.05) is 0 Å². The molecule has 0 aliphatic carbocycles. The molecule has 0 aromatic rings. The van der Waals surface area contributed by atoms with Crippen molar-refractivity contribution < 1.29 is 23.8 Å². The van der Waals surface area contributed by atoms with Crippen LogP contribution < -0.4 is 0 Å². The average molecular weight is 387 g/mol. The van der Waals surface area contributed by atoms with Crippen LogP contribution in [0.5, 0.6) is 0 Å². The molecule has 27 heavy (non-hydrogen) atoms. The van der Waals surface area contributed by atoms with Crippen LogP contribution in [0.4, 0.5) is 0 Å². The standard InChI is InChI=1S/C22H42O5/c1-4-5-6-7-8-9-10-11-12-13-14-16-26-21(23)18-25-19-22(24)27-17-15-20(2)3/h20H,4-19H2,1-3H3. The van der Waals surface area contributed by atoms with Crippen molar-refractivity contribution in [1.82, 2.24) is 0 Å². The maximum absolute atomic E-state index is 11.5. The number of rotatable bonds is 19. The number of ether oxygens (including phenoxy) is 3. The van der Waals surface area contributed by atoms with Crippen LogP contribution in [0.25, 0.3) is 0 Å². The van der Waals surface area contributed by atoms with Crippen molar-refractivity contribution in [3.8, 4) is 0 Å². The van der Waals surface area contributed by atoms with Gasteiger partial charge in [-0.1, -0.05) is 85.0 Å². The van der Waals surface area contributed by atoms with Crippen molar-refractivity contribution >= 4 is 11.9 Å². The molecular weight excluding hydrogens is 344 g/mol. The van der Waals surface area contributed by atoms with Crippen molar-refractivity contribution in [3.05, 3.63) is 0 Å². The molecule has 0 unspecified atom stereocenters. The molecule has 0 aromatic carbocycles. The Morgan fingerprint density at radius 2 is 1.11 bits per heavy atom. The zero-order valence-electron chi connectivity index (χ0n) is 17.9. The fourth-order valence-corrected chi connectivity index (χ4v) is 2.66. The summed E-state index contributed by atoms with van der Waals surface area (Å²) < 4.78 is 15.1. The Morgan fingerprint density at radius 3 is 1.59 bits per heavy atom. The van der Waals surface area contributed by atoms with Crippen LogP contribution in [0.3, 0.4) is 0 Å². The predicted molar refractivity (Wildman–Crippen MR) is 109 cm³/mol. The highest BCUT2D eigenvalue weighted by atomic mass is 16.6. The monoisotopic (exact) mass is 386 g/mol. The summed E-state index contributed by atoms with van der Waals surface area (Å²) in [5, 5.41) is 0. The quantitative estimate of drug-likeness (QED) is 0.218. The van der Waals surface area contributed by atoms with E-state index in [9.17, 15) is 9.59 Å². The molecule has 0 amide bonds. The number of carbonyl (C=O) groups is 2. The second-order valence-electron chi connectivity index (χ2n) is 7.65. The summed E-state index contributed by atoms with van der Waals surface area (Å²) in [5.41, 5.74) is 0. The molecule has 160 valence electrons. The topological polar surface area (TPSA) is 61.8 Å². The van der Waals surface area contributed by atoms with E-state index in [0.717, 1.165) is 19.3 Å². The smallest absolute Gasteiger partial charge is 0.332 e. The number of esters is 2. The summed E-state index contributed by atoms with van der Waals surface area (Å²) >= 11 is 0. The largest absolute Gasteiger partial charge is 0.464 e. The highest BCUT2D eigenvalue weighted by Gasteiger charge is 2.07. The van der Waals surface area contributed by atoms with E-state index in [-0.39, 0.29) is 13.2 Å². The van der Waals surface area contributed by atoms with Crippen LogP contribution in [-0.4, -0.2) is 38.4 Å². The maximum atomic E-state index is 11.5. The van der Waals surface area contributed by atoms with Gasteiger partial charge >= 0.3 is 11.9 Å². The molecule has 0 atom stereocenters. The van der Waals surface area contributed by atoms with Crippen LogP contribution in [-0.2, 0) is 23.8 Å². The van der Waals surface area contributed by atoms with E-state index >= 15 is 0 Å². The number of unbranched alkanes of at least 4 members (excludes halogenated alkanes) is 10. The third-order valence-corrected chi connectivity index (χ3v) is 4.41. The summed E-state index contributed by atoms with van der Waals surface area (Å²) in [6.07, 6.45) is 14.7. The molecule has 0 fully saturated rings. The van der Waals surface area contributed by atoms with Gasteiger partial charge in [0.25, 0.3) is 0 Å². The second-order valence-corrected chi connectivity index (χ2v) is 7.65. The van der Waals surface area contributed by atoms with Gasteiger partial charge in [-0.05, 0) is 18.8 Å². The molecule has 0 aromatic heterocycles. The average Bonchev–Trinajstić information content (AvgIpc) is 2.62. The second kappa shape index (κ2) is 19.7. The van der Waals surface area contributed by atoms with Crippen LogP contribution >= 0.6 is 0 Å². The minimum atomic E-state index is -0.436. The molecule has 0 aliphatic rings. The van der Waals surface area contributed by atoms with Gasteiger partial charge in [-0.2, -0.15) is 0 Å². The van der Waals surface area contributed by atoms with E-state index in [4.69, 9.17) is 14.2 Å². The van der Waals surface area contributed by atoms with E-state index in [0.29, 0.717) is 19.1 Å². The lowest BCUT2D eigenvalue weighted by Gasteiger charge is -2.08. The van der Waals surface area contributed by atoms with Gasteiger partial charge in [-0.15, -0.1) is 0 Å². The minimum Gasteiger partial charge on any atom is -0.464 e. The van der Waals surface area contributed by atoms with Crippen molar-refractivity contribution in [2.45, 2.75) is 97.8 Å². The molecule has 0 heterocycles. The number of hydrogen-bond donors (Lipinski definition) is 0. The van der Waals surface area contributed by atoms with Crippen molar-refractivity contribution in [2.24, 2.45) is 5.92 Å². The van der Waals surface area contributed by atoms with Crippen molar-refractivity contribution in [1.29, 1.82) is 0 Å². The lowest BCUT2D eigenvalue weighted by Crippen LogP contribution is -2.19. The highest BCUT2D eigenvalue weighted by molar-refractivity contribution is 5.73. The summed E-state index contributed by atoms with van der Waals surface area (Å²) in [6.45, 7) is 6.80. The Labute approximate surface area is 166 Å². The molecule has 0 saturated carbocycles. The Morgan fingerprint density at radius 1 is 0.667 bits per heavy atom. The molecule has 0 bridgehead atoms. The first-order valence-corrected chi connectivity index (χ1v) is 10.9. The third kappa shape index (κ3) is 21.1. The lowest BCUT2D eigenvalue weighted by molar-refractivity contribution is -0.155. The van der Waals surface area contributed by atoms with Gasteiger partial charge in [0, 0.05) is 0 Å². The molecule has 0 radical (unpaired) electrons. The van der Waals surface area contributed by atoms with E-state index in [1.165, 1.54) is 57.8 Å². The lowest BCUT2D eigenvalue weighted by atomic mass is 10.1. The first kappa shape index (κ1) is 25.9. The predicted octanol–water partition coefficient (Wildman–Crippen LogP) is 5.45. The van der Waals surface area contributed by atoms with Gasteiger partial charge in [-0.3, -0.25) is 0 Å². The molecule has 0 aliphatic heterocycles. The Hall–Kier alpha value is -1.10. The molecule has 0 spiro atoms. The zero-order valence-corrected chi connectivity index (χ0v) is 17.9. The fourth-order valence-electron chi connectivity index (χ4n) is 2.66. The number of carbonyl (C=O) groups excluding carboxylic acids is 2. The Balaban J connectivity index is 3.29. The fraction of sp³-hybridized carbons (Fsp3) is 0.909. The van der Waals surface area contributed by atoms with Crippen LogP contribution in [0.2, 0.25) is 0 Å². The molecule has 5 nitrogen and oxygen atoms in total. The van der Waals surface area contributed by atoms with Crippen LogP contribution in [0, 0.1) is 5.92 Å². The summed E-state index contributed by atoms with van der Waals surface area (Å²) in [4.78, 5) is 22.9. The first-order chi connectivity index (χ1) is 13.1. The van der Waals surface area contributed by atoms with Gasteiger partial charge in [0.05, 0.1) is 13.2 Å². The minimum absolute atomic E-state index is 0.197. The van der Waals surface area contributed by atoms with Gasteiger partial charge < -0.3 is 14.2 Å². The summed E-state index contributed by atoms with van der Waals surface area (Å²) in [6, 6.07) is 0. The Bertz CT molecular complexity index is 355. The van der Waals surface area contributed by atoms with Gasteiger partial charge in [0.1, 0.15) is 13.2 Å². The van der Waals surface area contributed by atoms with Crippen LogP contribution in [0.15, 0.2) is 0 Å². The molecular formula is C22H42O5. The van der Waals surface area contributed by atoms with Crippen LogP contribution in [0.1, 0.15) is 97.8 Å². The molecule has 0 rings (SSSR count). The highest BCUT2D eigenvalue weighted by Crippen LogP contribution is 2.11. The van der Waals surface area contributed by atoms with Gasteiger partial charge in [0.2, 0.25) is 0 Å². The summed E-state index contributed by atoms with van der Waals surface area (Å²) in [5.74, 6) is -0.366. The summed E-state index contributed by atoms with van der Waals surface area (Å²) in [7, 11) is 0. The van der Waals surface area contributed by atoms with Crippen molar-refractivity contribution in [3.63, 3.8) is 0 Å². The molecule has 0 N–H and O–H groups in total. The van der Waals surface area contributed by atoms with E-state index in [2.05, 4.69) is 20.8 Å². The third-order valence-electron chi connectivity index (χ3n) is 4.41. The van der Waals surface area contributed by atoms with E-state index < -0.39 is 11.9 Å². The Kier molecular flexibility index (Phi) is 18.9. The normalized spacial score (nSPS) is 11.0. The van der Waals surface area contributed by atoms with Crippen molar-refractivity contribution in [2.75, 3.05) is 26.4 Å². The van der Waals surface area contributed by atoms with E-state index in [1.54, 1.807) is 0 Å². The number of hydrogen-bond acceptors (Lipinski definition) is 5. The molecule has 5 heteroatoms.